The van der Waals surface area contributed by atoms with Crippen molar-refractivity contribution in [3.8, 4) is 5.75 Å². The smallest absolute Gasteiger partial charge is 0.118 e. The molecule has 0 aliphatic heterocycles. The van der Waals surface area contributed by atoms with Crippen LogP contribution in [0, 0.1) is 0 Å². The standard InChI is InChI=1S/C15H16ClNO2/c1-19-13-7-5-10(6-8-13)14(17)15(18)11-3-2-4-12(16)9-11/h2-9,14-15,18H,17H2,1H3. The highest BCUT2D eigenvalue weighted by atomic mass is 35.5. The molecule has 0 fully saturated rings. The van der Waals surface area contributed by atoms with Crippen molar-refractivity contribution in [1.82, 2.24) is 0 Å². The third-order valence-corrected chi connectivity index (χ3v) is 3.27. The van der Waals surface area contributed by atoms with Gasteiger partial charge in [0, 0.05) is 5.02 Å². The summed E-state index contributed by atoms with van der Waals surface area (Å²) in [6.07, 6.45) is -0.799. The van der Waals surface area contributed by atoms with E-state index in [9.17, 15) is 5.11 Å². The molecule has 2 unspecified atom stereocenters. The summed E-state index contributed by atoms with van der Waals surface area (Å²) in [5.74, 6) is 0.758. The van der Waals surface area contributed by atoms with Gasteiger partial charge in [0.1, 0.15) is 5.75 Å². The number of nitrogens with two attached hydrogens (primary N) is 1. The fourth-order valence-corrected chi connectivity index (χ4v) is 2.11. The molecule has 0 aliphatic carbocycles. The van der Waals surface area contributed by atoms with E-state index in [1.165, 1.54) is 0 Å². The first-order chi connectivity index (χ1) is 9.11. The van der Waals surface area contributed by atoms with E-state index in [2.05, 4.69) is 0 Å². The maximum atomic E-state index is 10.3. The van der Waals surface area contributed by atoms with Crippen molar-refractivity contribution in [3.63, 3.8) is 0 Å². The Labute approximate surface area is 117 Å². The van der Waals surface area contributed by atoms with E-state index in [4.69, 9.17) is 22.1 Å². The summed E-state index contributed by atoms with van der Waals surface area (Å²) in [6.45, 7) is 0. The molecule has 0 bridgehead atoms. The molecule has 0 saturated carbocycles. The molecule has 0 saturated heterocycles. The number of methoxy groups -OCH3 is 1. The molecular weight excluding hydrogens is 262 g/mol. The second-order valence-electron chi connectivity index (χ2n) is 4.30. The van der Waals surface area contributed by atoms with Crippen LogP contribution in [-0.2, 0) is 0 Å². The fraction of sp³-hybridized carbons (Fsp3) is 0.200. The molecule has 2 rings (SSSR count). The molecule has 0 spiro atoms. The number of ether oxygens (including phenoxy) is 1. The number of hydrogen-bond acceptors (Lipinski definition) is 3. The van der Waals surface area contributed by atoms with Gasteiger partial charge in [0.05, 0.1) is 19.3 Å². The Hall–Kier alpha value is -1.55. The van der Waals surface area contributed by atoms with Crippen LogP contribution in [-0.4, -0.2) is 12.2 Å². The lowest BCUT2D eigenvalue weighted by Gasteiger charge is -2.20. The van der Waals surface area contributed by atoms with Crippen LogP contribution >= 0.6 is 11.6 Å². The summed E-state index contributed by atoms with van der Waals surface area (Å²) in [6, 6.07) is 13.9. The van der Waals surface area contributed by atoms with Crippen LogP contribution in [0.2, 0.25) is 5.02 Å². The number of hydrogen-bond donors (Lipinski definition) is 2. The first kappa shape index (κ1) is 13.9. The largest absolute Gasteiger partial charge is 0.497 e. The van der Waals surface area contributed by atoms with E-state index in [0.29, 0.717) is 10.6 Å². The molecule has 0 heterocycles. The summed E-state index contributed by atoms with van der Waals surface area (Å²) in [5.41, 5.74) is 7.62. The van der Waals surface area contributed by atoms with Crippen LogP contribution in [0.25, 0.3) is 0 Å². The van der Waals surface area contributed by atoms with Crippen LogP contribution in [0.5, 0.6) is 5.75 Å². The first-order valence-corrected chi connectivity index (χ1v) is 6.32. The van der Waals surface area contributed by atoms with Gasteiger partial charge >= 0.3 is 0 Å². The first-order valence-electron chi connectivity index (χ1n) is 5.95. The molecule has 0 aromatic heterocycles. The molecule has 19 heavy (non-hydrogen) atoms. The maximum absolute atomic E-state index is 10.3. The number of rotatable bonds is 4. The Morgan fingerprint density at radius 1 is 1.11 bits per heavy atom. The molecule has 3 nitrogen and oxygen atoms in total. The van der Waals surface area contributed by atoms with Crippen molar-refractivity contribution in [2.24, 2.45) is 5.73 Å². The Morgan fingerprint density at radius 3 is 2.37 bits per heavy atom. The van der Waals surface area contributed by atoms with Crippen molar-refractivity contribution in [3.05, 3.63) is 64.7 Å². The van der Waals surface area contributed by atoms with Crippen LogP contribution < -0.4 is 10.5 Å². The van der Waals surface area contributed by atoms with Gasteiger partial charge in [-0.25, -0.2) is 0 Å². The van der Waals surface area contributed by atoms with Crippen molar-refractivity contribution >= 4 is 11.6 Å². The molecule has 2 atom stereocenters. The molecular formula is C15H16ClNO2. The lowest BCUT2D eigenvalue weighted by molar-refractivity contribution is 0.147. The SMILES string of the molecule is COc1ccc(C(N)C(O)c2cccc(Cl)c2)cc1. The number of benzene rings is 2. The van der Waals surface area contributed by atoms with Gasteiger partial charge in [-0.1, -0.05) is 35.9 Å². The maximum Gasteiger partial charge on any atom is 0.118 e. The monoisotopic (exact) mass is 277 g/mol. The Kier molecular flexibility index (Phi) is 4.43. The van der Waals surface area contributed by atoms with Crippen LogP contribution in [0.3, 0.4) is 0 Å². The van der Waals surface area contributed by atoms with E-state index in [1.54, 1.807) is 31.4 Å². The van der Waals surface area contributed by atoms with Gasteiger partial charge in [-0.3, -0.25) is 0 Å². The molecule has 2 aromatic carbocycles. The summed E-state index contributed by atoms with van der Waals surface area (Å²) >= 11 is 5.91. The van der Waals surface area contributed by atoms with E-state index in [-0.39, 0.29) is 0 Å². The summed E-state index contributed by atoms with van der Waals surface area (Å²) in [5, 5.41) is 10.9. The Morgan fingerprint density at radius 2 is 1.79 bits per heavy atom. The van der Waals surface area contributed by atoms with Gasteiger partial charge in [0.25, 0.3) is 0 Å². The molecule has 4 heteroatoms. The third-order valence-electron chi connectivity index (χ3n) is 3.03. The number of aliphatic hydroxyl groups excluding tert-OH is 1. The highest BCUT2D eigenvalue weighted by Gasteiger charge is 2.18. The molecule has 3 N–H and O–H groups in total. The average Bonchev–Trinajstić information content (AvgIpc) is 2.46. The van der Waals surface area contributed by atoms with E-state index < -0.39 is 12.1 Å². The molecule has 0 aliphatic rings. The van der Waals surface area contributed by atoms with Crippen LogP contribution in [0.1, 0.15) is 23.3 Å². The average molecular weight is 278 g/mol. The molecule has 0 amide bonds. The number of halogens is 1. The van der Waals surface area contributed by atoms with Crippen molar-refractivity contribution in [2.75, 3.05) is 7.11 Å². The van der Waals surface area contributed by atoms with Crippen molar-refractivity contribution in [1.29, 1.82) is 0 Å². The minimum Gasteiger partial charge on any atom is -0.497 e. The highest BCUT2D eigenvalue weighted by Crippen LogP contribution is 2.28. The van der Waals surface area contributed by atoms with Gasteiger partial charge in [-0.15, -0.1) is 0 Å². The normalized spacial score (nSPS) is 13.9. The van der Waals surface area contributed by atoms with Gasteiger partial charge in [0.2, 0.25) is 0 Å². The van der Waals surface area contributed by atoms with Gasteiger partial charge < -0.3 is 15.6 Å². The van der Waals surface area contributed by atoms with Crippen molar-refractivity contribution < 1.29 is 9.84 Å². The van der Waals surface area contributed by atoms with Gasteiger partial charge in [-0.2, -0.15) is 0 Å². The van der Waals surface area contributed by atoms with E-state index >= 15 is 0 Å². The predicted molar refractivity (Wildman–Crippen MR) is 76.3 cm³/mol. The Balaban J connectivity index is 2.20. The van der Waals surface area contributed by atoms with Gasteiger partial charge in [0.15, 0.2) is 0 Å². The summed E-state index contributed by atoms with van der Waals surface area (Å²) in [4.78, 5) is 0. The lowest BCUT2D eigenvalue weighted by Crippen LogP contribution is -2.19. The van der Waals surface area contributed by atoms with E-state index in [1.807, 2.05) is 24.3 Å². The summed E-state index contributed by atoms with van der Waals surface area (Å²) < 4.78 is 5.09. The molecule has 2 aromatic rings. The lowest BCUT2D eigenvalue weighted by atomic mass is 9.96. The third kappa shape index (κ3) is 3.26. The predicted octanol–water partition coefficient (Wildman–Crippen LogP) is 3.08. The minimum atomic E-state index is -0.799. The zero-order chi connectivity index (χ0) is 13.8. The van der Waals surface area contributed by atoms with Crippen LogP contribution in [0.4, 0.5) is 0 Å². The quantitative estimate of drug-likeness (QED) is 0.903. The number of aliphatic hydroxyl groups is 1. The second-order valence-corrected chi connectivity index (χ2v) is 4.74. The Bertz CT molecular complexity index is 542. The van der Waals surface area contributed by atoms with E-state index in [0.717, 1.165) is 11.3 Å². The minimum absolute atomic E-state index is 0.510. The van der Waals surface area contributed by atoms with Crippen molar-refractivity contribution in [2.45, 2.75) is 12.1 Å². The molecule has 0 radical (unpaired) electrons. The highest BCUT2D eigenvalue weighted by molar-refractivity contribution is 6.30. The zero-order valence-electron chi connectivity index (χ0n) is 10.6. The zero-order valence-corrected chi connectivity index (χ0v) is 11.3. The summed E-state index contributed by atoms with van der Waals surface area (Å²) in [7, 11) is 1.61. The van der Waals surface area contributed by atoms with Gasteiger partial charge in [-0.05, 0) is 35.4 Å². The fourth-order valence-electron chi connectivity index (χ4n) is 1.91. The topological polar surface area (TPSA) is 55.5 Å². The second kappa shape index (κ2) is 6.06. The molecule has 100 valence electrons. The van der Waals surface area contributed by atoms with Crippen LogP contribution in [0.15, 0.2) is 48.5 Å².